The molecule has 0 aliphatic rings. The van der Waals surface area contributed by atoms with Gasteiger partial charge in [-0.05, 0) is 47.2 Å². The first kappa shape index (κ1) is 23.8. The molecule has 0 bridgehead atoms. The molecule has 2 N–H and O–H groups in total. The lowest BCUT2D eigenvalue weighted by molar-refractivity contribution is -0.136. The predicted molar refractivity (Wildman–Crippen MR) is 128 cm³/mol. The Kier molecular flexibility index (Phi) is 7.56. The van der Waals surface area contributed by atoms with Gasteiger partial charge in [-0.25, -0.2) is 8.42 Å². The van der Waals surface area contributed by atoms with Crippen molar-refractivity contribution in [3.05, 3.63) is 94.8 Å². The summed E-state index contributed by atoms with van der Waals surface area (Å²) in [6, 6.07) is 18.6. The fraction of sp³-hybridized carbons (Fsp3) is 0.346. The van der Waals surface area contributed by atoms with Gasteiger partial charge in [0.05, 0.1) is 6.42 Å². The highest BCUT2D eigenvalue weighted by molar-refractivity contribution is 7.91. The summed E-state index contributed by atoms with van der Waals surface area (Å²) in [5.41, 5.74) is 3.86. The standard InChI is InChI=1S/C26H31NO4S/c1-3-4-5-8-20-12-14-21(15-13-20)19-26(32(2,30)31,24-11-7-16-27-24)23-10-6-9-22(17-23)18-25(28)29/h6-7,9-17,27H,3-5,8,18-19H2,1-2H3,(H,28,29). The second-order valence-corrected chi connectivity index (χ2v) is 10.6. The normalized spacial score (nSPS) is 13.6. The summed E-state index contributed by atoms with van der Waals surface area (Å²) in [4.78, 5) is 14.4. The third-order valence-corrected chi connectivity index (χ3v) is 7.83. The van der Waals surface area contributed by atoms with E-state index in [1.165, 1.54) is 24.7 Å². The van der Waals surface area contributed by atoms with Gasteiger partial charge in [0.1, 0.15) is 4.75 Å². The Morgan fingerprint density at radius 3 is 2.28 bits per heavy atom. The van der Waals surface area contributed by atoms with E-state index in [9.17, 15) is 18.3 Å². The van der Waals surface area contributed by atoms with E-state index in [1.807, 2.05) is 12.1 Å². The minimum Gasteiger partial charge on any atom is -0.481 e. The number of aromatic nitrogens is 1. The van der Waals surface area contributed by atoms with Crippen LogP contribution in [0.5, 0.6) is 0 Å². The summed E-state index contributed by atoms with van der Waals surface area (Å²) in [6.45, 7) is 2.18. The molecule has 1 unspecified atom stereocenters. The fourth-order valence-corrected chi connectivity index (χ4v) is 5.79. The van der Waals surface area contributed by atoms with Crippen molar-refractivity contribution < 1.29 is 18.3 Å². The van der Waals surface area contributed by atoms with E-state index in [-0.39, 0.29) is 12.8 Å². The highest BCUT2D eigenvalue weighted by Gasteiger charge is 2.45. The smallest absolute Gasteiger partial charge is 0.307 e. The summed E-state index contributed by atoms with van der Waals surface area (Å²) in [6.07, 6.45) is 7.57. The van der Waals surface area contributed by atoms with E-state index in [1.54, 1.807) is 42.6 Å². The first-order chi connectivity index (χ1) is 15.3. The van der Waals surface area contributed by atoms with Crippen LogP contribution in [-0.2, 0) is 38.6 Å². The Morgan fingerprint density at radius 1 is 0.969 bits per heavy atom. The SMILES string of the molecule is CCCCCc1ccc(CC(c2cccc(CC(=O)O)c2)(c2ccc[nH]2)S(C)(=O)=O)cc1. The van der Waals surface area contributed by atoms with Crippen LogP contribution in [0.4, 0.5) is 0 Å². The number of nitrogens with one attached hydrogen (secondary N) is 1. The molecule has 0 radical (unpaired) electrons. The number of hydrogen-bond donors (Lipinski definition) is 2. The molecule has 0 aliphatic carbocycles. The lowest BCUT2D eigenvalue weighted by atomic mass is 9.86. The Hall–Kier alpha value is -2.86. The Morgan fingerprint density at radius 2 is 1.69 bits per heavy atom. The molecular formula is C26H31NO4S. The number of carbonyl (C=O) groups is 1. The summed E-state index contributed by atoms with van der Waals surface area (Å²) >= 11 is 0. The number of H-pyrrole nitrogens is 1. The number of benzene rings is 2. The van der Waals surface area contributed by atoms with Crippen LogP contribution < -0.4 is 0 Å². The highest BCUT2D eigenvalue weighted by atomic mass is 32.2. The molecule has 0 saturated heterocycles. The third kappa shape index (κ3) is 5.30. The monoisotopic (exact) mass is 453 g/mol. The molecule has 1 aromatic heterocycles. The largest absolute Gasteiger partial charge is 0.481 e. The van der Waals surface area contributed by atoms with Crippen molar-refractivity contribution in [2.24, 2.45) is 0 Å². The quantitative estimate of drug-likeness (QED) is 0.404. The van der Waals surface area contributed by atoms with E-state index in [0.29, 0.717) is 16.8 Å². The molecular weight excluding hydrogens is 422 g/mol. The zero-order chi connectivity index (χ0) is 23.2. The first-order valence-corrected chi connectivity index (χ1v) is 12.9. The van der Waals surface area contributed by atoms with Gasteiger partial charge in [-0.3, -0.25) is 4.79 Å². The van der Waals surface area contributed by atoms with Gasteiger partial charge in [0.25, 0.3) is 0 Å². The maximum Gasteiger partial charge on any atom is 0.307 e. The van der Waals surface area contributed by atoms with Crippen LogP contribution in [0.2, 0.25) is 0 Å². The molecule has 6 heteroatoms. The average Bonchev–Trinajstić information content (AvgIpc) is 3.27. The van der Waals surface area contributed by atoms with E-state index >= 15 is 0 Å². The maximum atomic E-state index is 13.4. The van der Waals surface area contributed by atoms with Crippen LogP contribution >= 0.6 is 0 Å². The molecule has 1 atom stereocenters. The van der Waals surface area contributed by atoms with Crippen molar-refractivity contribution in [3.63, 3.8) is 0 Å². The molecule has 0 fully saturated rings. The zero-order valence-corrected chi connectivity index (χ0v) is 19.5. The van der Waals surface area contributed by atoms with E-state index in [2.05, 4.69) is 24.0 Å². The molecule has 170 valence electrons. The summed E-state index contributed by atoms with van der Waals surface area (Å²) in [5, 5.41) is 9.22. The molecule has 1 heterocycles. The summed E-state index contributed by atoms with van der Waals surface area (Å²) < 4.78 is 25.4. The molecule has 0 aliphatic heterocycles. The minimum atomic E-state index is -3.65. The zero-order valence-electron chi connectivity index (χ0n) is 18.7. The lowest BCUT2D eigenvalue weighted by Gasteiger charge is -2.32. The van der Waals surface area contributed by atoms with Gasteiger partial charge in [0.2, 0.25) is 0 Å². The second kappa shape index (κ2) is 10.2. The molecule has 2 aromatic carbocycles. The van der Waals surface area contributed by atoms with Gasteiger partial charge in [0, 0.05) is 24.6 Å². The number of aromatic amines is 1. The van der Waals surface area contributed by atoms with Crippen LogP contribution in [0.1, 0.15) is 54.1 Å². The molecule has 32 heavy (non-hydrogen) atoms. The van der Waals surface area contributed by atoms with Crippen molar-refractivity contribution in [1.82, 2.24) is 4.98 Å². The number of aryl methyl sites for hydroxylation is 1. The van der Waals surface area contributed by atoms with Crippen LogP contribution in [-0.4, -0.2) is 30.7 Å². The Labute approximate surface area is 190 Å². The van der Waals surface area contributed by atoms with E-state index < -0.39 is 20.6 Å². The Balaban J connectivity index is 2.07. The third-order valence-electron chi connectivity index (χ3n) is 5.96. The maximum absolute atomic E-state index is 13.4. The fourth-order valence-electron chi connectivity index (χ4n) is 4.28. The van der Waals surface area contributed by atoms with Gasteiger partial charge in [-0.15, -0.1) is 0 Å². The average molecular weight is 454 g/mol. The predicted octanol–water partition coefficient (Wildman–Crippen LogP) is 4.91. The van der Waals surface area contributed by atoms with Gasteiger partial charge >= 0.3 is 5.97 Å². The van der Waals surface area contributed by atoms with Crippen molar-refractivity contribution in [2.45, 2.75) is 50.2 Å². The van der Waals surface area contributed by atoms with Crippen LogP contribution in [0, 0.1) is 0 Å². The van der Waals surface area contributed by atoms with Crippen molar-refractivity contribution >= 4 is 15.8 Å². The minimum absolute atomic E-state index is 0.162. The number of unbranched alkanes of at least 4 members (excludes halogenated alkanes) is 2. The summed E-state index contributed by atoms with van der Waals surface area (Å²) in [7, 11) is -3.65. The van der Waals surface area contributed by atoms with Gasteiger partial charge in [-0.2, -0.15) is 0 Å². The number of carboxylic acids is 1. The molecule has 0 amide bonds. The van der Waals surface area contributed by atoms with E-state index in [0.717, 1.165) is 18.4 Å². The molecule has 0 saturated carbocycles. The number of carboxylic acid groups (broad SMARTS) is 1. The summed E-state index contributed by atoms with van der Waals surface area (Å²) in [5.74, 6) is -0.953. The lowest BCUT2D eigenvalue weighted by Crippen LogP contribution is -2.39. The van der Waals surface area contributed by atoms with Crippen LogP contribution in [0.25, 0.3) is 0 Å². The second-order valence-electron chi connectivity index (χ2n) is 8.40. The number of sulfone groups is 1. The first-order valence-electron chi connectivity index (χ1n) is 11.0. The van der Waals surface area contributed by atoms with Crippen molar-refractivity contribution in [2.75, 3.05) is 6.26 Å². The highest BCUT2D eigenvalue weighted by Crippen LogP contribution is 2.40. The van der Waals surface area contributed by atoms with Crippen LogP contribution in [0.3, 0.4) is 0 Å². The molecule has 5 nitrogen and oxygen atoms in total. The molecule has 0 spiro atoms. The number of hydrogen-bond acceptors (Lipinski definition) is 3. The topological polar surface area (TPSA) is 87.2 Å². The molecule has 3 aromatic rings. The van der Waals surface area contributed by atoms with Crippen molar-refractivity contribution in [3.8, 4) is 0 Å². The van der Waals surface area contributed by atoms with Gasteiger partial charge in [0.15, 0.2) is 9.84 Å². The van der Waals surface area contributed by atoms with E-state index in [4.69, 9.17) is 0 Å². The van der Waals surface area contributed by atoms with Crippen LogP contribution in [0.15, 0.2) is 66.9 Å². The van der Waals surface area contributed by atoms with Gasteiger partial charge in [-0.1, -0.05) is 68.3 Å². The number of aliphatic carboxylic acids is 1. The molecule has 3 rings (SSSR count). The Bertz CT molecular complexity index is 1130. The van der Waals surface area contributed by atoms with Crippen molar-refractivity contribution in [1.29, 1.82) is 0 Å². The number of rotatable bonds is 11. The van der Waals surface area contributed by atoms with Gasteiger partial charge < -0.3 is 10.1 Å².